The number of halogens is 4. The molecule has 0 amide bonds. The summed E-state index contributed by atoms with van der Waals surface area (Å²) in [6, 6.07) is 0. The topological polar surface area (TPSA) is 139 Å². The van der Waals surface area contributed by atoms with Gasteiger partial charge in [0.2, 0.25) is 0 Å². The van der Waals surface area contributed by atoms with E-state index in [1.165, 1.54) is 6.92 Å². The van der Waals surface area contributed by atoms with E-state index in [2.05, 4.69) is 12.5 Å². The summed E-state index contributed by atoms with van der Waals surface area (Å²) in [7, 11) is 0.707. The average Bonchev–Trinajstić information content (AvgIpc) is 2.25. The molecule has 0 aromatic rings. The molecule has 23 heavy (non-hydrogen) atoms. The molecule has 1 rings (SSSR count). The first-order valence-electron chi connectivity index (χ1n) is 5.27. The lowest BCUT2D eigenvalue weighted by Gasteiger charge is -2.40. The van der Waals surface area contributed by atoms with E-state index in [1.54, 1.807) is 0 Å². The van der Waals surface area contributed by atoms with E-state index in [9.17, 15) is 25.3 Å². The fourth-order valence-corrected chi connectivity index (χ4v) is 4.37. The third-order valence-corrected chi connectivity index (χ3v) is 4.75. The number of alkyl halides is 1. The summed E-state index contributed by atoms with van der Waals surface area (Å²) in [6.45, 7) is 1.23. The number of hydrogen-bond acceptors (Lipinski definition) is 10. The molecule has 0 aromatic carbocycles. The highest BCUT2D eigenvalue weighted by molar-refractivity contribution is 8.10. The van der Waals surface area contributed by atoms with Crippen LogP contribution in [0.5, 0.6) is 0 Å². The van der Waals surface area contributed by atoms with Crippen LogP contribution < -0.4 is 0 Å². The van der Waals surface area contributed by atoms with Crippen molar-refractivity contribution in [3.63, 3.8) is 0 Å². The molecule has 1 saturated heterocycles. The van der Waals surface area contributed by atoms with Gasteiger partial charge in [-0.05, 0) is 6.92 Å². The predicted octanol–water partition coefficient (Wildman–Crippen LogP) is 0.576. The maximum Gasteiger partial charge on any atom is 0.356 e. The second kappa shape index (κ2) is 7.61. The van der Waals surface area contributed by atoms with Crippen molar-refractivity contribution in [1.29, 1.82) is 0 Å². The average molecular weight is 478 g/mol. The second-order valence-corrected chi connectivity index (χ2v) is 10.8. The lowest BCUT2D eigenvalue weighted by molar-refractivity contribution is -0.166. The summed E-state index contributed by atoms with van der Waals surface area (Å²) in [6.07, 6.45) is -6.82. The molecular weight excluding hydrogens is 470 g/mol. The molecule has 138 valence electrons. The molecule has 1 fully saturated rings. The van der Waals surface area contributed by atoms with E-state index in [0.29, 0.717) is 0 Å². The normalized spacial score (nSPS) is 33.5. The Morgan fingerprint density at radius 2 is 1.09 bits per heavy atom. The van der Waals surface area contributed by atoms with Gasteiger partial charge in [0.15, 0.2) is 5.56 Å². The highest BCUT2D eigenvalue weighted by Crippen LogP contribution is 2.33. The van der Waals surface area contributed by atoms with Crippen LogP contribution in [0.1, 0.15) is 6.92 Å². The highest BCUT2D eigenvalue weighted by atomic mass is 35.7. The Bertz CT molecular complexity index is 687. The Morgan fingerprint density at radius 1 is 0.739 bits per heavy atom. The Hall–Kier alpha value is 0.850. The van der Waals surface area contributed by atoms with Gasteiger partial charge in [-0.2, -0.15) is 25.3 Å². The molecule has 0 N–H and O–H groups in total. The van der Waals surface area contributed by atoms with Gasteiger partial charge in [0.25, 0.3) is 0 Å². The lowest BCUT2D eigenvalue weighted by Crippen LogP contribution is -2.58. The minimum atomic E-state index is -4.73. The van der Waals surface area contributed by atoms with Crippen molar-refractivity contribution in [3.05, 3.63) is 0 Å². The molecule has 0 aromatic heterocycles. The maximum absolute atomic E-state index is 11.1. The number of rotatable bonds is 6. The van der Waals surface area contributed by atoms with Gasteiger partial charge in [0.1, 0.15) is 18.3 Å². The van der Waals surface area contributed by atoms with E-state index < -0.39 is 58.0 Å². The molecule has 5 atom stereocenters. The van der Waals surface area contributed by atoms with Crippen molar-refractivity contribution in [2.75, 3.05) is 0 Å². The fraction of sp³-hybridized carbons (Fsp3) is 1.00. The SMILES string of the molecule is C[C@H]1O[C@@H](Cl)[C@@H](OS(=O)(=O)Cl)[C@@H](OS(=O)(=O)Cl)[C@@H]1OS(=O)(=O)Cl. The summed E-state index contributed by atoms with van der Waals surface area (Å²) in [4.78, 5) is 0. The van der Waals surface area contributed by atoms with Crippen LogP contribution in [0.3, 0.4) is 0 Å². The van der Waals surface area contributed by atoms with Crippen LogP contribution in [-0.4, -0.2) is 55.2 Å². The van der Waals surface area contributed by atoms with E-state index in [-0.39, 0.29) is 0 Å². The van der Waals surface area contributed by atoms with Crippen molar-refractivity contribution < 1.29 is 42.5 Å². The van der Waals surface area contributed by atoms with Crippen LogP contribution in [0.25, 0.3) is 0 Å². The van der Waals surface area contributed by atoms with Crippen LogP contribution in [0.4, 0.5) is 0 Å². The molecule has 0 radical (unpaired) electrons. The Balaban J connectivity index is 3.29. The largest absolute Gasteiger partial charge is 0.356 e. The molecule has 0 spiro atoms. The van der Waals surface area contributed by atoms with Gasteiger partial charge in [-0.15, -0.1) is 0 Å². The Labute approximate surface area is 150 Å². The molecule has 1 aliphatic rings. The van der Waals surface area contributed by atoms with Crippen LogP contribution in [0, 0.1) is 0 Å². The minimum absolute atomic E-state index is 1.20. The molecule has 0 aliphatic carbocycles. The molecular formula is C6H8Cl4O10S3. The summed E-state index contributed by atoms with van der Waals surface area (Å²) in [5, 5.41) is 0. The second-order valence-electron chi connectivity index (χ2n) is 4.05. The van der Waals surface area contributed by atoms with Crippen molar-refractivity contribution >= 4 is 71.6 Å². The van der Waals surface area contributed by atoms with Gasteiger partial charge in [0, 0.05) is 32.0 Å². The lowest BCUT2D eigenvalue weighted by atomic mass is 10.0. The van der Waals surface area contributed by atoms with Gasteiger partial charge < -0.3 is 4.74 Å². The third kappa shape index (κ3) is 7.73. The van der Waals surface area contributed by atoms with Crippen LogP contribution in [0.15, 0.2) is 0 Å². The quantitative estimate of drug-likeness (QED) is 0.394. The molecule has 10 nitrogen and oxygen atoms in total. The van der Waals surface area contributed by atoms with Gasteiger partial charge in [-0.3, -0.25) is 0 Å². The maximum atomic E-state index is 11.1. The fourth-order valence-electron chi connectivity index (χ4n) is 1.70. The summed E-state index contributed by atoms with van der Waals surface area (Å²) in [5.74, 6) is 0. The van der Waals surface area contributed by atoms with Gasteiger partial charge in [-0.1, -0.05) is 11.6 Å². The van der Waals surface area contributed by atoms with Crippen molar-refractivity contribution in [2.24, 2.45) is 0 Å². The van der Waals surface area contributed by atoms with E-state index in [4.69, 9.17) is 48.4 Å². The van der Waals surface area contributed by atoms with Gasteiger partial charge in [-0.25, -0.2) is 12.5 Å². The Kier molecular flexibility index (Phi) is 7.25. The zero-order chi connectivity index (χ0) is 18.2. The molecule has 1 heterocycles. The molecule has 1 aliphatic heterocycles. The molecule has 0 bridgehead atoms. The zero-order valence-corrected chi connectivity index (χ0v) is 16.2. The number of hydrogen-bond donors (Lipinski definition) is 0. The summed E-state index contributed by atoms with van der Waals surface area (Å²) >= 11 is 5.72. The first-order chi connectivity index (χ1) is 10.1. The molecule has 0 unspecified atom stereocenters. The van der Waals surface area contributed by atoms with Crippen LogP contribution >= 0.6 is 43.6 Å². The minimum Gasteiger partial charge on any atom is -0.354 e. The zero-order valence-electron chi connectivity index (χ0n) is 10.7. The molecule has 17 heteroatoms. The van der Waals surface area contributed by atoms with Crippen molar-refractivity contribution in [1.82, 2.24) is 0 Å². The number of ether oxygens (including phenoxy) is 1. The monoisotopic (exact) mass is 476 g/mol. The third-order valence-electron chi connectivity index (χ3n) is 2.39. The van der Waals surface area contributed by atoms with Gasteiger partial charge in [0.05, 0.1) is 6.10 Å². The standard InChI is InChI=1S/C6H8Cl4O10S3/c1-2-3(18-21(8,11)12)4(19-22(9,13)14)5(6(7)17-2)20-23(10,15)16/h2-6H,1H3/t2-,3-,4+,5+,6-/m1/s1. The van der Waals surface area contributed by atoms with E-state index in [1.807, 2.05) is 0 Å². The van der Waals surface area contributed by atoms with Gasteiger partial charge >= 0.3 is 28.0 Å². The van der Waals surface area contributed by atoms with Crippen LogP contribution in [0.2, 0.25) is 0 Å². The first kappa shape index (κ1) is 21.9. The smallest absolute Gasteiger partial charge is 0.354 e. The van der Waals surface area contributed by atoms with E-state index in [0.717, 1.165) is 0 Å². The summed E-state index contributed by atoms with van der Waals surface area (Å²) < 4.78 is 84.6. The van der Waals surface area contributed by atoms with Crippen molar-refractivity contribution in [2.45, 2.75) is 36.9 Å². The first-order valence-corrected chi connectivity index (χ1v) is 12.4. The van der Waals surface area contributed by atoms with Crippen LogP contribution in [-0.2, 0) is 45.3 Å². The Morgan fingerprint density at radius 3 is 1.48 bits per heavy atom. The summed E-state index contributed by atoms with van der Waals surface area (Å²) in [5.41, 5.74) is -1.60. The van der Waals surface area contributed by atoms with Crippen molar-refractivity contribution in [3.8, 4) is 0 Å². The van der Waals surface area contributed by atoms with E-state index >= 15 is 0 Å². The molecule has 0 saturated carbocycles. The highest BCUT2D eigenvalue weighted by Gasteiger charge is 2.51. The predicted molar refractivity (Wildman–Crippen MR) is 79.1 cm³/mol.